The number of benzene rings is 1. The van der Waals surface area contributed by atoms with E-state index >= 15 is 0 Å². The molecule has 5 nitrogen and oxygen atoms in total. The van der Waals surface area contributed by atoms with Crippen molar-refractivity contribution in [2.45, 2.75) is 25.7 Å². The average Bonchev–Trinajstić information content (AvgIpc) is 3.05. The molecule has 5 heteroatoms. The van der Waals surface area contributed by atoms with Gasteiger partial charge in [-0.05, 0) is 32.1 Å². The second-order valence-corrected chi connectivity index (χ2v) is 5.90. The van der Waals surface area contributed by atoms with Crippen molar-refractivity contribution in [1.29, 1.82) is 0 Å². The standard InChI is InChI=1S/C18H20O5/c1-18(2)11-12(5-4-6-19)14-9-13(17-21-7-8-22-17)10-15(20-3)16(14)23-18/h9-11,17,19H,6-8H2,1-3H3. The van der Waals surface area contributed by atoms with Gasteiger partial charge in [-0.3, -0.25) is 0 Å². The fraction of sp³-hybridized carbons (Fsp3) is 0.444. The Hall–Kier alpha value is -2.00. The van der Waals surface area contributed by atoms with E-state index < -0.39 is 11.9 Å². The minimum absolute atomic E-state index is 0.195. The molecule has 2 heterocycles. The van der Waals surface area contributed by atoms with Crippen molar-refractivity contribution in [2.24, 2.45) is 0 Å². The molecule has 3 rings (SSSR count). The van der Waals surface area contributed by atoms with Crippen LogP contribution in [0.5, 0.6) is 11.5 Å². The molecule has 0 aliphatic carbocycles. The highest BCUT2D eigenvalue weighted by molar-refractivity contribution is 5.86. The molecule has 0 saturated carbocycles. The lowest BCUT2D eigenvalue weighted by molar-refractivity contribution is -0.0443. The highest BCUT2D eigenvalue weighted by atomic mass is 16.7. The van der Waals surface area contributed by atoms with Gasteiger partial charge >= 0.3 is 0 Å². The Balaban J connectivity index is 2.13. The molecule has 2 aliphatic heterocycles. The van der Waals surface area contributed by atoms with E-state index in [1.807, 2.05) is 32.1 Å². The van der Waals surface area contributed by atoms with E-state index in [1.165, 1.54) is 0 Å². The number of aliphatic hydroxyl groups is 1. The minimum atomic E-state index is -0.512. The van der Waals surface area contributed by atoms with E-state index in [2.05, 4.69) is 11.8 Å². The van der Waals surface area contributed by atoms with Crippen LogP contribution in [-0.2, 0) is 9.47 Å². The number of hydrogen-bond acceptors (Lipinski definition) is 5. The molecule has 0 unspecified atom stereocenters. The molecule has 0 spiro atoms. The topological polar surface area (TPSA) is 57.2 Å². The summed E-state index contributed by atoms with van der Waals surface area (Å²) < 4.78 is 22.7. The van der Waals surface area contributed by atoms with Gasteiger partial charge in [0.2, 0.25) is 0 Å². The fourth-order valence-electron chi connectivity index (χ4n) is 2.72. The summed E-state index contributed by atoms with van der Waals surface area (Å²) in [5, 5.41) is 9.01. The summed E-state index contributed by atoms with van der Waals surface area (Å²) >= 11 is 0. The maximum atomic E-state index is 9.01. The summed E-state index contributed by atoms with van der Waals surface area (Å²) in [6.07, 6.45) is 1.54. The molecule has 0 aromatic heterocycles. The van der Waals surface area contributed by atoms with E-state index in [4.69, 9.17) is 24.1 Å². The Kier molecular flexibility index (Phi) is 4.31. The third kappa shape index (κ3) is 3.20. The van der Waals surface area contributed by atoms with Crippen molar-refractivity contribution in [3.63, 3.8) is 0 Å². The van der Waals surface area contributed by atoms with E-state index in [9.17, 15) is 0 Å². The normalized spacial score (nSPS) is 19.2. The van der Waals surface area contributed by atoms with Crippen LogP contribution in [-0.4, -0.2) is 37.6 Å². The van der Waals surface area contributed by atoms with Crippen molar-refractivity contribution in [3.8, 4) is 23.3 Å². The third-order valence-corrected chi connectivity index (χ3v) is 3.64. The van der Waals surface area contributed by atoms with Crippen LogP contribution >= 0.6 is 0 Å². The largest absolute Gasteiger partial charge is 0.493 e. The first-order chi connectivity index (χ1) is 11.0. The molecule has 1 aromatic rings. The van der Waals surface area contributed by atoms with Gasteiger partial charge in [0.05, 0.1) is 20.3 Å². The molecule has 0 bridgehead atoms. The Morgan fingerprint density at radius 3 is 2.70 bits per heavy atom. The van der Waals surface area contributed by atoms with E-state index in [-0.39, 0.29) is 6.61 Å². The van der Waals surface area contributed by atoms with Gasteiger partial charge in [0.1, 0.15) is 12.2 Å². The highest BCUT2D eigenvalue weighted by Gasteiger charge is 2.31. The predicted molar refractivity (Wildman–Crippen MR) is 85.2 cm³/mol. The van der Waals surface area contributed by atoms with Gasteiger partial charge in [-0.1, -0.05) is 11.8 Å². The molecule has 1 fully saturated rings. The first-order valence-electron chi connectivity index (χ1n) is 7.51. The van der Waals surface area contributed by atoms with E-state index in [0.717, 1.165) is 16.7 Å². The molecular weight excluding hydrogens is 296 g/mol. The average molecular weight is 316 g/mol. The second-order valence-electron chi connectivity index (χ2n) is 5.90. The minimum Gasteiger partial charge on any atom is -0.493 e. The van der Waals surface area contributed by atoms with Crippen LogP contribution in [0.15, 0.2) is 18.2 Å². The second kappa shape index (κ2) is 6.25. The van der Waals surface area contributed by atoms with Gasteiger partial charge in [0.15, 0.2) is 17.8 Å². The molecule has 1 saturated heterocycles. The summed E-state index contributed by atoms with van der Waals surface area (Å²) in [4.78, 5) is 0. The number of rotatable bonds is 2. The SMILES string of the molecule is COc1cc(C2OCCO2)cc2c1OC(C)(C)C=C2C#CCO. The van der Waals surface area contributed by atoms with Gasteiger partial charge in [0, 0.05) is 16.7 Å². The lowest BCUT2D eigenvalue weighted by Gasteiger charge is -2.31. The first-order valence-corrected chi connectivity index (χ1v) is 7.51. The maximum absolute atomic E-state index is 9.01. The highest BCUT2D eigenvalue weighted by Crippen LogP contribution is 2.44. The van der Waals surface area contributed by atoms with Crippen molar-refractivity contribution >= 4 is 5.57 Å². The van der Waals surface area contributed by atoms with Crippen LogP contribution < -0.4 is 9.47 Å². The maximum Gasteiger partial charge on any atom is 0.184 e. The van der Waals surface area contributed by atoms with Gasteiger partial charge in [0.25, 0.3) is 0 Å². The molecule has 2 aliphatic rings. The van der Waals surface area contributed by atoms with Crippen LogP contribution in [0, 0.1) is 11.8 Å². The zero-order chi connectivity index (χ0) is 16.4. The van der Waals surface area contributed by atoms with Gasteiger partial charge in [-0.15, -0.1) is 0 Å². The summed E-state index contributed by atoms with van der Waals surface area (Å²) in [5.74, 6) is 6.95. The summed E-state index contributed by atoms with van der Waals surface area (Å²) in [6.45, 7) is 4.85. The molecule has 0 atom stereocenters. The number of methoxy groups -OCH3 is 1. The van der Waals surface area contributed by atoms with Crippen molar-refractivity contribution in [3.05, 3.63) is 29.3 Å². The molecule has 1 aromatic carbocycles. The van der Waals surface area contributed by atoms with Gasteiger partial charge < -0.3 is 24.1 Å². The van der Waals surface area contributed by atoms with Crippen molar-refractivity contribution in [1.82, 2.24) is 0 Å². The number of allylic oxidation sites excluding steroid dienone is 1. The summed E-state index contributed by atoms with van der Waals surface area (Å²) in [6, 6.07) is 3.81. The van der Waals surface area contributed by atoms with Crippen LogP contribution in [0.3, 0.4) is 0 Å². The summed E-state index contributed by atoms with van der Waals surface area (Å²) in [5.41, 5.74) is 1.96. The van der Waals surface area contributed by atoms with Crippen molar-refractivity contribution in [2.75, 3.05) is 26.9 Å². The van der Waals surface area contributed by atoms with Crippen LogP contribution in [0.2, 0.25) is 0 Å². The first kappa shape index (κ1) is 15.9. The molecule has 0 radical (unpaired) electrons. The lowest BCUT2D eigenvalue weighted by atomic mass is 9.93. The Morgan fingerprint density at radius 1 is 1.30 bits per heavy atom. The Labute approximate surface area is 135 Å². The molecular formula is C18H20O5. The number of ether oxygens (including phenoxy) is 4. The van der Waals surface area contributed by atoms with Crippen LogP contribution in [0.1, 0.15) is 31.3 Å². The Bertz CT molecular complexity index is 687. The molecule has 0 amide bonds. The third-order valence-electron chi connectivity index (χ3n) is 3.64. The lowest BCUT2D eigenvalue weighted by Crippen LogP contribution is -2.29. The van der Waals surface area contributed by atoms with Gasteiger partial charge in [-0.2, -0.15) is 0 Å². The number of hydrogen-bond donors (Lipinski definition) is 1. The summed E-state index contributed by atoms with van der Waals surface area (Å²) in [7, 11) is 1.60. The molecule has 122 valence electrons. The molecule has 1 N–H and O–H groups in total. The quantitative estimate of drug-likeness (QED) is 0.849. The predicted octanol–water partition coefficient (Wildman–Crippen LogP) is 2.29. The smallest absolute Gasteiger partial charge is 0.184 e. The zero-order valence-electron chi connectivity index (χ0n) is 13.5. The molecule has 23 heavy (non-hydrogen) atoms. The fourth-order valence-corrected chi connectivity index (χ4v) is 2.72. The van der Waals surface area contributed by atoms with Crippen LogP contribution in [0.4, 0.5) is 0 Å². The monoisotopic (exact) mass is 316 g/mol. The van der Waals surface area contributed by atoms with Crippen molar-refractivity contribution < 1.29 is 24.1 Å². The van der Waals surface area contributed by atoms with Gasteiger partial charge in [-0.25, -0.2) is 0 Å². The van der Waals surface area contributed by atoms with E-state index in [0.29, 0.717) is 24.7 Å². The number of fused-ring (bicyclic) bond motifs is 1. The van der Waals surface area contributed by atoms with Crippen LogP contribution in [0.25, 0.3) is 5.57 Å². The van der Waals surface area contributed by atoms with E-state index in [1.54, 1.807) is 7.11 Å². The number of aliphatic hydroxyl groups excluding tert-OH is 1. The zero-order valence-corrected chi connectivity index (χ0v) is 13.5. The Morgan fingerprint density at radius 2 is 2.04 bits per heavy atom.